The predicted octanol–water partition coefficient (Wildman–Crippen LogP) is 5.03. The molecule has 0 aliphatic carbocycles. The Morgan fingerprint density at radius 3 is 2.65 bits per heavy atom. The number of rotatable bonds is 10. The molecule has 0 aliphatic heterocycles. The Balaban J connectivity index is 1.69. The molecule has 2 aromatic carbocycles. The molecule has 8 nitrogen and oxygen atoms in total. The molecule has 3 aromatic rings. The summed E-state index contributed by atoms with van der Waals surface area (Å²) in [7, 11) is 1.54. The summed E-state index contributed by atoms with van der Waals surface area (Å²) in [4.78, 5) is 12.5. The van der Waals surface area contributed by atoms with Crippen molar-refractivity contribution in [2.75, 3.05) is 25.6 Å². The third-order valence-electron chi connectivity index (χ3n) is 4.60. The minimum absolute atomic E-state index is 0.0635. The highest BCUT2D eigenvalue weighted by Gasteiger charge is 2.15. The van der Waals surface area contributed by atoms with Gasteiger partial charge in [-0.3, -0.25) is 10.1 Å². The van der Waals surface area contributed by atoms with Crippen molar-refractivity contribution in [3.05, 3.63) is 61.7 Å². The summed E-state index contributed by atoms with van der Waals surface area (Å²) < 4.78 is 17.9. The monoisotopic (exact) mass is 590 g/mol. The quantitative estimate of drug-likeness (QED) is 0.153. The van der Waals surface area contributed by atoms with Gasteiger partial charge in [-0.05, 0) is 71.3 Å². The molecular formula is C24H23IN4O4S. The average molecular weight is 590 g/mol. The molecule has 0 unspecified atom stereocenters. The molecule has 1 amide bonds. The van der Waals surface area contributed by atoms with Gasteiger partial charge in [0, 0.05) is 0 Å². The van der Waals surface area contributed by atoms with Gasteiger partial charge in [0.05, 0.1) is 10.7 Å². The highest BCUT2D eigenvalue weighted by atomic mass is 127. The number of hydrogen-bond donors (Lipinski definition) is 1. The van der Waals surface area contributed by atoms with Crippen molar-refractivity contribution in [3.8, 4) is 23.3 Å². The summed E-state index contributed by atoms with van der Waals surface area (Å²) in [6.07, 6.45) is 2.21. The van der Waals surface area contributed by atoms with Gasteiger partial charge in [0.25, 0.3) is 5.91 Å². The van der Waals surface area contributed by atoms with E-state index >= 15 is 0 Å². The number of nitriles is 1. The number of hydrogen-bond acceptors (Lipinski definition) is 8. The smallest absolute Gasteiger partial charge is 0.268 e. The van der Waals surface area contributed by atoms with E-state index in [1.807, 2.05) is 50.2 Å². The largest absolute Gasteiger partial charge is 0.493 e. The highest BCUT2D eigenvalue weighted by Crippen LogP contribution is 2.34. The molecule has 0 spiro atoms. The third kappa shape index (κ3) is 6.68. The SMILES string of the molecule is CCc1nnc(NC(=O)C(C#N)=Cc2cc(I)c(OCCOc3ccccc3C)c(OC)c2)s1. The van der Waals surface area contributed by atoms with Crippen molar-refractivity contribution in [2.45, 2.75) is 20.3 Å². The first-order chi connectivity index (χ1) is 16.4. The van der Waals surface area contributed by atoms with Crippen LogP contribution in [0.4, 0.5) is 5.13 Å². The maximum Gasteiger partial charge on any atom is 0.268 e. The van der Waals surface area contributed by atoms with Gasteiger partial charge in [-0.1, -0.05) is 36.5 Å². The van der Waals surface area contributed by atoms with E-state index < -0.39 is 5.91 Å². The summed E-state index contributed by atoms with van der Waals surface area (Å²) in [5.41, 5.74) is 1.62. The van der Waals surface area contributed by atoms with Crippen LogP contribution in [0.15, 0.2) is 42.0 Å². The number of benzene rings is 2. The topological polar surface area (TPSA) is 106 Å². The second-order valence-corrected chi connectivity index (χ2v) is 9.20. The van der Waals surface area contributed by atoms with E-state index in [9.17, 15) is 10.1 Å². The Hall–Kier alpha value is -3.17. The molecule has 176 valence electrons. The average Bonchev–Trinajstić information content (AvgIpc) is 3.29. The van der Waals surface area contributed by atoms with Crippen molar-refractivity contribution in [3.63, 3.8) is 0 Å². The van der Waals surface area contributed by atoms with Gasteiger partial charge in [0.15, 0.2) is 11.5 Å². The fraction of sp³-hybridized carbons (Fsp3) is 0.250. The van der Waals surface area contributed by atoms with Gasteiger partial charge >= 0.3 is 0 Å². The first-order valence-electron chi connectivity index (χ1n) is 10.4. The Labute approximate surface area is 215 Å². The van der Waals surface area contributed by atoms with Gasteiger partial charge in [-0.2, -0.15) is 5.26 Å². The Bertz CT molecular complexity index is 1240. The molecule has 10 heteroatoms. The number of halogens is 1. The molecule has 0 saturated heterocycles. The fourth-order valence-electron chi connectivity index (χ4n) is 2.90. The number of para-hydroxylation sites is 1. The molecule has 1 heterocycles. The molecule has 3 rings (SSSR count). The first-order valence-corrected chi connectivity index (χ1v) is 12.3. The van der Waals surface area contributed by atoms with Crippen LogP contribution in [0.25, 0.3) is 6.08 Å². The van der Waals surface area contributed by atoms with Crippen molar-refractivity contribution in [1.29, 1.82) is 5.26 Å². The lowest BCUT2D eigenvalue weighted by atomic mass is 10.1. The minimum atomic E-state index is -0.552. The van der Waals surface area contributed by atoms with Gasteiger partial charge in [0.2, 0.25) is 5.13 Å². The highest BCUT2D eigenvalue weighted by molar-refractivity contribution is 14.1. The zero-order valence-corrected chi connectivity index (χ0v) is 21.9. The van der Waals surface area contributed by atoms with E-state index in [0.717, 1.165) is 26.3 Å². The molecule has 0 aliphatic rings. The molecule has 0 bridgehead atoms. The van der Waals surface area contributed by atoms with E-state index in [0.29, 0.717) is 35.4 Å². The van der Waals surface area contributed by atoms with Crippen molar-refractivity contribution in [1.82, 2.24) is 10.2 Å². The van der Waals surface area contributed by atoms with E-state index in [1.165, 1.54) is 24.5 Å². The summed E-state index contributed by atoms with van der Waals surface area (Å²) in [5, 5.41) is 21.2. The summed E-state index contributed by atoms with van der Waals surface area (Å²) in [6, 6.07) is 13.2. The number of nitrogens with one attached hydrogen (secondary N) is 1. The van der Waals surface area contributed by atoms with Crippen molar-refractivity contribution in [2.24, 2.45) is 0 Å². The number of aromatic nitrogens is 2. The standard InChI is InChI=1S/C24H23IN4O4S/c1-4-21-28-29-24(34-21)27-23(30)17(14-26)11-16-12-18(25)22(20(13-16)31-3)33-10-9-32-19-8-6-5-7-15(19)2/h5-8,11-13H,4,9-10H2,1-3H3,(H,27,29,30). The number of anilines is 1. The molecule has 0 radical (unpaired) electrons. The van der Waals surface area contributed by atoms with Crippen LogP contribution >= 0.6 is 33.9 Å². The molecule has 34 heavy (non-hydrogen) atoms. The lowest BCUT2D eigenvalue weighted by molar-refractivity contribution is -0.112. The number of aryl methyl sites for hydroxylation is 2. The van der Waals surface area contributed by atoms with E-state index in [-0.39, 0.29) is 5.57 Å². The van der Waals surface area contributed by atoms with Crippen molar-refractivity contribution >= 4 is 51.0 Å². The number of carbonyl (C=O) groups is 1. The Kier molecular flexibility index (Phi) is 9.24. The van der Waals surface area contributed by atoms with Crippen LogP contribution in [0.1, 0.15) is 23.1 Å². The number of amides is 1. The van der Waals surface area contributed by atoms with Crippen LogP contribution in [-0.4, -0.2) is 36.4 Å². The zero-order chi connectivity index (χ0) is 24.5. The number of methoxy groups -OCH3 is 1. The summed E-state index contributed by atoms with van der Waals surface area (Å²) in [6.45, 7) is 4.63. The molecule has 1 aromatic heterocycles. The number of nitrogens with zero attached hydrogens (tertiary/aromatic N) is 3. The van der Waals surface area contributed by atoms with Crippen LogP contribution < -0.4 is 19.5 Å². The molecular weight excluding hydrogens is 567 g/mol. The van der Waals surface area contributed by atoms with Crippen LogP contribution in [0, 0.1) is 21.8 Å². The lowest BCUT2D eigenvalue weighted by Crippen LogP contribution is -2.13. The third-order valence-corrected chi connectivity index (χ3v) is 6.38. The zero-order valence-electron chi connectivity index (χ0n) is 18.9. The van der Waals surface area contributed by atoms with Crippen LogP contribution in [0.5, 0.6) is 17.2 Å². The Morgan fingerprint density at radius 1 is 1.21 bits per heavy atom. The van der Waals surface area contributed by atoms with Gasteiger partial charge in [-0.15, -0.1) is 10.2 Å². The van der Waals surface area contributed by atoms with Crippen LogP contribution in [0.3, 0.4) is 0 Å². The van der Waals surface area contributed by atoms with E-state index in [1.54, 1.807) is 6.07 Å². The van der Waals surface area contributed by atoms with Crippen molar-refractivity contribution < 1.29 is 19.0 Å². The van der Waals surface area contributed by atoms with Crippen LogP contribution in [-0.2, 0) is 11.2 Å². The minimum Gasteiger partial charge on any atom is -0.493 e. The normalized spacial score (nSPS) is 11.0. The summed E-state index contributed by atoms with van der Waals surface area (Å²) >= 11 is 3.41. The molecule has 0 atom stereocenters. The molecule has 1 N–H and O–H groups in total. The maximum atomic E-state index is 12.5. The fourth-order valence-corrected chi connectivity index (χ4v) is 4.36. The number of ether oxygens (including phenoxy) is 3. The van der Waals surface area contributed by atoms with Gasteiger partial charge in [0.1, 0.15) is 35.6 Å². The second-order valence-electron chi connectivity index (χ2n) is 6.97. The summed E-state index contributed by atoms with van der Waals surface area (Å²) in [5.74, 6) is 1.32. The Morgan fingerprint density at radius 2 is 1.97 bits per heavy atom. The van der Waals surface area contributed by atoms with Crippen LogP contribution in [0.2, 0.25) is 0 Å². The second kappa shape index (κ2) is 12.3. The lowest BCUT2D eigenvalue weighted by Gasteiger charge is -2.14. The molecule has 0 saturated carbocycles. The number of carbonyl (C=O) groups excluding carboxylic acids is 1. The first kappa shape index (κ1) is 25.5. The van der Waals surface area contributed by atoms with E-state index in [4.69, 9.17) is 14.2 Å². The predicted molar refractivity (Wildman–Crippen MR) is 139 cm³/mol. The molecule has 0 fully saturated rings. The maximum absolute atomic E-state index is 12.5. The van der Waals surface area contributed by atoms with E-state index in [2.05, 4.69) is 38.1 Å². The van der Waals surface area contributed by atoms with Gasteiger partial charge in [-0.25, -0.2) is 0 Å². The van der Waals surface area contributed by atoms with Gasteiger partial charge < -0.3 is 14.2 Å².